The van der Waals surface area contributed by atoms with E-state index in [0.717, 1.165) is 0 Å². The van der Waals surface area contributed by atoms with E-state index in [1.54, 1.807) is 6.92 Å². The first-order valence-electron chi connectivity index (χ1n) is 5.04. The molecular formula is C10H19NO4S. The lowest BCUT2D eigenvalue weighted by Crippen LogP contribution is -2.46. The fraction of sp³-hybridized carbons (Fsp3) is 0.800. The Kier molecular flexibility index (Phi) is 5.64. The first-order chi connectivity index (χ1) is 7.13. The predicted molar refractivity (Wildman–Crippen MR) is 62.6 cm³/mol. The summed E-state index contributed by atoms with van der Waals surface area (Å²) in [4.78, 5) is 21.9. The third-order valence-electron chi connectivity index (χ3n) is 1.78. The molecule has 0 fully saturated rings. The second-order valence-corrected chi connectivity index (χ2v) is 6.49. The van der Waals surface area contributed by atoms with Crippen LogP contribution in [0.2, 0.25) is 0 Å². The molecule has 0 saturated heterocycles. The van der Waals surface area contributed by atoms with Crippen molar-refractivity contribution in [1.29, 1.82) is 0 Å². The molecule has 0 aromatic rings. The van der Waals surface area contributed by atoms with Gasteiger partial charge in [-0.3, -0.25) is 13.8 Å². The Morgan fingerprint density at radius 3 is 2.25 bits per heavy atom. The number of hydrogen-bond donors (Lipinski definition) is 2. The Labute approximate surface area is 98.1 Å². The maximum atomic E-state index is 11.6. The number of carboxylic acids is 1. The van der Waals surface area contributed by atoms with Crippen molar-refractivity contribution >= 4 is 22.7 Å². The molecule has 94 valence electrons. The summed E-state index contributed by atoms with van der Waals surface area (Å²) in [5.41, 5.74) is -0.373. The monoisotopic (exact) mass is 249 g/mol. The van der Waals surface area contributed by atoms with Crippen LogP contribution in [0.15, 0.2) is 0 Å². The Balaban J connectivity index is 4.22. The standard InChI is InChI=1S/C10H19NO4S/c1-7(9(14)11-10(2,3)4)16(15)6-5-8(12)13/h7H,5-6H2,1-4H3,(H,11,14)(H,12,13). The van der Waals surface area contributed by atoms with Crippen LogP contribution in [0.5, 0.6) is 0 Å². The minimum atomic E-state index is -1.44. The summed E-state index contributed by atoms with van der Waals surface area (Å²) in [5.74, 6) is -1.30. The van der Waals surface area contributed by atoms with Gasteiger partial charge in [-0.2, -0.15) is 0 Å². The molecule has 0 radical (unpaired) electrons. The van der Waals surface area contributed by atoms with Crippen molar-refractivity contribution in [3.8, 4) is 0 Å². The molecule has 0 bridgehead atoms. The van der Waals surface area contributed by atoms with E-state index in [1.807, 2.05) is 20.8 Å². The van der Waals surface area contributed by atoms with E-state index < -0.39 is 22.0 Å². The number of amides is 1. The lowest BCUT2D eigenvalue weighted by Gasteiger charge is -2.22. The molecule has 5 nitrogen and oxygen atoms in total. The molecule has 16 heavy (non-hydrogen) atoms. The van der Waals surface area contributed by atoms with Gasteiger partial charge in [-0.25, -0.2) is 0 Å². The van der Waals surface area contributed by atoms with Crippen LogP contribution in [0, 0.1) is 0 Å². The van der Waals surface area contributed by atoms with Crippen LogP contribution in [-0.2, 0) is 20.4 Å². The molecule has 2 unspecified atom stereocenters. The average molecular weight is 249 g/mol. The first-order valence-corrected chi connectivity index (χ1v) is 6.42. The zero-order chi connectivity index (χ0) is 12.9. The van der Waals surface area contributed by atoms with Crippen molar-refractivity contribution in [2.75, 3.05) is 5.75 Å². The highest BCUT2D eigenvalue weighted by Gasteiger charge is 2.23. The Morgan fingerprint density at radius 1 is 1.38 bits per heavy atom. The molecule has 2 N–H and O–H groups in total. The van der Waals surface area contributed by atoms with Crippen molar-refractivity contribution in [1.82, 2.24) is 5.32 Å². The first kappa shape index (κ1) is 15.1. The van der Waals surface area contributed by atoms with Crippen molar-refractivity contribution in [2.24, 2.45) is 0 Å². The predicted octanol–water partition coefficient (Wildman–Crippen LogP) is 0.513. The SMILES string of the molecule is CC(C(=O)NC(C)(C)C)S(=O)CCC(=O)O. The van der Waals surface area contributed by atoms with Gasteiger partial charge < -0.3 is 10.4 Å². The molecule has 0 rings (SSSR count). The summed E-state index contributed by atoms with van der Waals surface area (Å²) in [6, 6.07) is 0. The van der Waals surface area contributed by atoms with Gasteiger partial charge in [-0.15, -0.1) is 0 Å². The molecule has 0 aromatic heterocycles. The number of rotatable bonds is 5. The van der Waals surface area contributed by atoms with E-state index in [0.29, 0.717) is 0 Å². The highest BCUT2D eigenvalue weighted by molar-refractivity contribution is 7.86. The molecule has 0 aliphatic heterocycles. The molecule has 0 heterocycles. The lowest BCUT2D eigenvalue weighted by molar-refractivity contribution is -0.136. The fourth-order valence-electron chi connectivity index (χ4n) is 0.955. The van der Waals surface area contributed by atoms with E-state index in [4.69, 9.17) is 5.11 Å². The molecule has 0 aromatic carbocycles. The number of nitrogens with one attached hydrogen (secondary N) is 1. The summed E-state index contributed by atoms with van der Waals surface area (Å²) in [6.07, 6.45) is -0.181. The van der Waals surface area contributed by atoms with Gasteiger partial charge in [0.1, 0.15) is 5.25 Å². The van der Waals surface area contributed by atoms with Crippen LogP contribution in [-0.4, -0.2) is 37.7 Å². The number of carboxylic acid groups (broad SMARTS) is 1. The van der Waals surface area contributed by atoms with Gasteiger partial charge in [0.25, 0.3) is 0 Å². The van der Waals surface area contributed by atoms with Gasteiger partial charge in [0, 0.05) is 22.1 Å². The third kappa shape index (κ3) is 6.55. The molecule has 0 spiro atoms. The van der Waals surface area contributed by atoms with E-state index in [1.165, 1.54) is 0 Å². The van der Waals surface area contributed by atoms with E-state index in [-0.39, 0.29) is 23.6 Å². The third-order valence-corrected chi connectivity index (χ3v) is 3.39. The molecule has 6 heteroatoms. The molecule has 2 atom stereocenters. The highest BCUT2D eigenvalue weighted by Crippen LogP contribution is 2.04. The maximum Gasteiger partial charge on any atom is 0.304 e. The lowest BCUT2D eigenvalue weighted by atomic mass is 10.1. The Morgan fingerprint density at radius 2 is 1.88 bits per heavy atom. The summed E-state index contributed by atoms with van der Waals surface area (Å²) < 4.78 is 11.6. The molecule has 0 saturated carbocycles. The second-order valence-electron chi connectivity index (χ2n) is 4.61. The maximum absolute atomic E-state index is 11.6. The van der Waals surface area contributed by atoms with Gasteiger partial charge in [0.05, 0.1) is 6.42 Å². The van der Waals surface area contributed by atoms with Gasteiger partial charge in [-0.05, 0) is 27.7 Å². The van der Waals surface area contributed by atoms with Crippen LogP contribution in [0.25, 0.3) is 0 Å². The summed E-state index contributed by atoms with van der Waals surface area (Å²) in [6.45, 7) is 7.03. The van der Waals surface area contributed by atoms with Crippen molar-refractivity contribution in [2.45, 2.75) is 44.9 Å². The van der Waals surface area contributed by atoms with Crippen LogP contribution in [0.3, 0.4) is 0 Å². The van der Waals surface area contributed by atoms with Crippen molar-refractivity contribution in [3.05, 3.63) is 0 Å². The van der Waals surface area contributed by atoms with E-state index in [2.05, 4.69) is 5.32 Å². The minimum absolute atomic E-state index is 0.00800. The fourth-order valence-corrected chi connectivity index (χ4v) is 1.98. The largest absolute Gasteiger partial charge is 0.481 e. The zero-order valence-corrected chi connectivity index (χ0v) is 10.9. The van der Waals surface area contributed by atoms with Gasteiger partial charge in [0.2, 0.25) is 5.91 Å². The zero-order valence-electron chi connectivity index (χ0n) is 10.1. The smallest absolute Gasteiger partial charge is 0.304 e. The normalized spacial score (nSPS) is 15.2. The Hall–Kier alpha value is -0.910. The minimum Gasteiger partial charge on any atom is -0.481 e. The van der Waals surface area contributed by atoms with Gasteiger partial charge >= 0.3 is 5.97 Å². The van der Waals surface area contributed by atoms with E-state index >= 15 is 0 Å². The topological polar surface area (TPSA) is 83.5 Å². The molecule has 1 amide bonds. The molecule has 0 aliphatic rings. The van der Waals surface area contributed by atoms with Gasteiger partial charge in [0.15, 0.2) is 0 Å². The van der Waals surface area contributed by atoms with Crippen LogP contribution in [0.1, 0.15) is 34.1 Å². The number of hydrogen-bond acceptors (Lipinski definition) is 3. The van der Waals surface area contributed by atoms with Gasteiger partial charge in [-0.1, -0.05) is 0 Å². The summed E-state index contributed by atoms with van der Waals surface area (Å²) in [5, 5.41) is 10.5. The van der Waals surface area contributed by atoms with Crippen LogP contribution in [0.4, 0.5) is 0 Å². The summed E-state index contributed by atoms with van der Waals surface area (Å²) in [7, 11) is -1.44. The quantitative estimate of drug-likeness (QED) is 0.743. The Bertz CT molecular complexity index is 296. The van der Waals surface area contributed by atoms with Crippen LogP contribution >= 0.6 is 0 Å². The van der Waals surface area contributed by atoms with Crippen LogP contribution < -0.4 is 5.32 Å². The number of carbonyl (C=O) groups excluding carboxylic acids is 1. The molecular weight excluding hydrogens is 230 g/mol. The number of carbonyl (C=O) groups is 2. The molecule has 0 aliphatic carbocycles. The van der Waals surface area contributed by atoms with E-state index in [9.17, 15) is 13.8 Å². The average Bonchev–Trinajstić information content (AvgIpc) is 2.10. The van der Waals surface area contributed by atoms with Crippen molar-refractivity contribution in [3.63, 3.8) is 0 Å². The van der Waals surface area contributed by atoms with Crippen molar-refractivity contribution < 1.29 is 18.9 Å². The number of aliphatic carboxylic acids is 1. The highest BCUT2D eigenvalue weighted by atomic mass is 32.2. The summed E-state index contributed by atoms with van der Waals surface area (Å²) >= 11 is 0. The second kappa shape index (κ2) is 5.98.